The number of carbonyl (C=O) groups is 1. The molecule has 1 atom stereocenters. The first-order valence-electron chi connectivity index (χ1n) is 8.77. The van der Waals surface area contributed by atoms with Gasteiger partial charge >= 0.3 is 0 Å². The lowest BCUT2D eigenvalue weighted by Gasteiger charge is -2.26. The molecule has 0 bridgehead atoms. The highest BCUT2D eigenvalue weighted by atomic mass is 19.1. The maximum absolute atomic E-state index is 13.6. The molecule has 6 heteroatoms. The summed E-state index contributed by atoms with van der Waals surface area (Å²) in [6, 6.07) is 4.16. The Morgan fingerprint density at radius 3 is 3.00 bits per heavy atom. The number of rotatable bonds is 5. The van der Waals surface area contributed by atoms with Crippen LogP contribution in [0.2, 0.25) is 0 Å². The van der Waals surface area contributed by atoms with E-state index in [9.17, 15) is 9.18 Å². The van der Waals surface area contributed by atoms with Gasteiger partial charge in [0.2, 0.25) is 0 Å². The fourth-order valence-corrected chi connectivity index (χ4v) is 3.23. The number of aromatic nitrogens is 2. The summed E-state index contributed by atoms with van der Waals surface area (Å²) in [4.78, 5) is 12.8. The van der Waals surface area contributed by atoms with Crippen LogP contribution in [-0.4, -0.2) is 22.3 Å². The Balaban J connectivity index is 1.82. The SMILES string of the molecule is CCc1c(C(=O)N[C@@H]2CCOc3ccc(F)cc32)cnn1CC(C)C. The molecule has 5 nitrogen and oxygen atoms in total. The molecule has 0 saturated carbocycles. The summed E-state index contributed by atoms with van der Waals surface area (Å²) in [5.41, 5.74) is 2.21. The van der Waals surface area contributed by atoms with E-state index in [0.717, 1.165) is 18.7 Å². The summed E-state index contributed by atoms with van der Waals surface area (Å²) in [7, 11) is 0. The van der Waals surface area contributed by atoms with Crippen LogP contribution in [0.3, 0.4) is 0 Å². The summed E-state index contributed by atoms with van der Waals surface area (Å²) in [5, 5.41) is 7.39. The van der Waals surface area contributed by atoms with Crippen molar-refractivity contribution in [2.75, 3.05) is 6.61 Å². The molecule has 25 heavy (non-hydrogen) atoms. The predicted octanol–water partition coefficient (Wildman–Crippen LogP) is 3.49. The minimum absolute atomic E-state index is 0.172. The van der Waals surface area contributed by atoms with Crippen LogP contribution in [0.4, 0.5) is 4.39 Å². The Morgan fingerprint density at radius 2 is 2.28 bits per heavy atom. The number of ether oxygens (including phenoxy) is 1. The molecule has 134 valence electrons. The summed E-state index contributed by atoms with van der Waals surface area (Å²) in [6.07, 6.45) is 2.97. The summed E-state index contributed by atoms with van der Waals surface area (Å²) in [6.45, 7) is 7.53. The molecular weight excluding hydrogens is 321 g/mol. The van der Waals surface area contributed by atoms with Gasteiger partial charge in [0.05, 0.1) is 30.1 Å². The molecular formula is C19H24FN3O2. The first-order chi connectivity index (χ1) is 12.0. The van der Waals surface area contributed by atoms with Crippen molar-refractivity contribution >= 4 is 5.91 Å². The van der Waals surface area contributed by atoms with E-state index in [0.29, 0.717) is 35.8 Å². The number of hydrogen-bond donors (Lipinski definition) is 1. The van der Waals surface area contributed by atoms with Crippen molar-refractivity contribution in [1.29, 1.82) is 0 Å². The van der Waals surface area contributed by atoms with Crippen molar-refractivity contribution in [1.82, 2.24) is 15.1 Å². The van der Waals surface area contributed by atoms with E-state index in [1.807, 2.05) is 11.6 Å². The van der Waals surface area contributed by atoms with Crippen LogP contribution in [0.1, 0.15) is 54.8 Å². The molecule has 1 aliphatic heterocycles. The average molecular weight is 345 g/mol. The number of amides is 1. The van der Waals surface area contributed by atoms with Crippen LogP contribution in [0.5, 0.6) is 5.75 Å². The first-order valence-corrected chi connectivity index (χ1v) is 8.77. The topological polar surface area (TPSA) is 56.1 Å². The number of nitrogens with one attached hydrogen (secondary N) is 1. The van der Waals surface area contributed by atoms with Gasteiger partial charge in [-0.25, -0.2) is 4.39 Å². The third-order valence-corrected chi connectivity index (χ3v) is 4.38. The average Bonchev–Trinajstić information content (AvgIpc) is 2.97. The normalized spacial score (nSPS) is 16.4. The number of halogens is 1. The van der Waals surface area contributed by atoms with Gasteiger partial charge in [-0.15, -0.1) is 0 Å². The number of nitrogens with zero attached hydrogens (tertiary/aromatic N) is 2. The maximum Gasteiger partial charge on any atom is 0.255 e. The molecule has 1 amide bonds. The van der Waals surface area contributed by atoms with E-state index >= 15 is 0 Å². The molecule has 0 saturated heterocycles. The Bertz CT molecular complexity index is 770. The lowest BCUT2D eigenvalue weighted by Crippen LogP contribution is -2.32. The van der Waals surface area contributed by atoms with Gasteiger partial charge in [0, 0.05) is 18.5 Å². The van der Waals surface area contributed by atoms with Crippen LogP contribution < -0.4 is 10.1 Å². The standard InChI is InChI=1S/C19H24FN3O2/c1-4-17-15(10-21-23(17)11-12(2)3)19(24)22-16-7-8-25-18-6-5-13(20)9-14(16)18/h5-6,9-10,12,16H,4,7-8,11H2,1-3H3,(H,22,24)/t16-/m1/s1. The van der Waals surface area contributed by atoms with Crippen molar-refractivity contribution in [2.45, 2.75) is 46.2 Å². The lowest BCUT2D eigenvalue weighted by molar-refractivity contribution is 0.0923. The van der Waals surface area contributed by atoms with Gasteiger partial charge in [0.15, 0.2) is 0 Å². The van der Waals surface area contributed by atoms with E-state index < -0.39 is 0 Å². The summed E-state index contributed by atoms with van der Waals surface area (Å²) >= 11 is 0. The highest BCUT2D eigenvalue weighted by molar-refractivity contribution is 5.95. The monoisotopic (exact) mass is 345 g/mol. The van der Waals surface area contributed by atoms with Crippen LogP contribution >= 0.6 is 0 Å². The van der Waals surface area contributed by atoms with Gasteiger partial charge in [-0.3, -0.25) is 9.48 Å². The van der Waals surface area contributed by atoms with E-state index in [4.69, 9.17) is 4.74 Å². The molecule has 2 heterocycles. The predicted molar refractivity (Wildman–Crippen MR) is 93.2 cm³/mol. The van der Waals surface area contributed by atoms with Crippen LogP contribution in [0.25, 0.3) is 0 Å². The zero-order valence-corrected chi connectivity index (χ0v) is 14.9. The maximum atomic E-state index is 13.6. The molecule has 0 spiro atoms. The van der Waals surface area contributed by atoms with Crippen LogP contribution in [0.15, 0.2) is 24.4 Å². The smallest absolute Gasteiger partial charge is 0.255 e. The molecule has 0 radical (unpaired) electrons. The Labute approximate surface area is 147 Å². The second-order valence-corrected chi connectivity index (χ2v) is 6.78. The number of carbonyl (C=O) groups excluding carboxylic acids is 1. The largest absolute Gasteiger partial charge is 0.493 e. The third kappa shape index (κ3) is 3.67. The van der Waals surface area contributed by atoms with Crippen molar-refractivity contribution in [3.8, 4) is 5.75 Å². The molecule has 1 N–H and O–H groups in total. The number of fused-ring (bicyclic) bond motifs is 1. The summed E-state index contributed by atoms with van der Waals surface area (Å²) < 4.78 is 21.0. The fraction of sp³-hybridized carbons (Fsp3) is 0.474. The van der Waals surface area contributed by atoms with Crippen molar-refractivity contribution < 1.29 is 13.9 Å². The minimum Gasteiger partial charge on any atom is -0.493 e. The van der Waals surface area contributed by atoms with E-state index in [-0.39, 0.29) is 17.8 Å². The van der Waals surface area contributed by atoms with Gasteiger partial charge in [-0.05, 0) is 30.5 Å². The molecule has 1 aliphatic rings. The van der Waals surface area contributed by atoms with Crippen LogP contribution in [-0.2, 0) is 13.0 Å². The third-order valence-electron chi connectivity index (χ3n) is 4.38. The molecule has 1 aromatic carbocycles. The molecule has 2 aromatic rings. The van der Waals surface area contributed by atoms with Crippen LogP contribution in [0, 0.1) is 11.7 Å². The summed E-state index contributed by atoms with van der Waals surface area (Å²) in [5.74, 6) is 0.576. The van der Waals surface area contributed by atoms with Gasteiger partial charge in [-0.1, -0.05) is 20.8 Å². The van der Waals surface area contributed by atoms with E-state index in [1.54, 1.807) is 12.3 Å². The first kappa shape index (κ1) is 17.5. The van der Waals surface area contributed by atoms with Gasteiger partial charge in [0.1, 0.15) is 11.6 Å². The quantitative estimate of drug-likeness (QED) is 0.902. The molecule has 1 aromatic heterocycles. The van der Waals surface area contributed by atoms with Crippen molar-refractivity contribution in [3.05, 3.63) is 47.0 Å². The Kier molecular flexibility index (Phi) is 5.06. The molecule has 0 unspecified atom stereocenters. The highest BCUT2D eigenvalue weighted by Crippen LogP contribution is 2.32. The molecule has 3 rings (SSSR count). The Morgan fingerprint density at radius 1 is 1.48 bits per heavy atom. The molecule has 0 aliphatic carbocycles. The van der Waals surface area contributed by atoms with Crippen molar-refractivity contribution in [3.63, 3.8) is 0 Å². The molecule has 0 fully saturated rings. The number of benzene rings is 1. The highest BCUT2D eigenvalue weighted by Gasteiger charge is 2.26. The zero-order chi connectivity index (χ0) is 18.0. The van der Waals surface area contributed by atoms with E-state index in [1.165, 1.54) is 12.1 Å². The second kappa shape index (κ2) is 7.25. The number of hydrogen-bond acceptors (Lipinski definition) is 3. The second-order valence-electron chi connectivity index (χ2n) is 6.78. The van der Waals surface area contributed by atoms with Gasteiger partial charge in [0.25, 0.3) is 5.91 Å². The zero-order valence-electron chi connectivity index (χ0n) is 14.9. The lowest BCUT2D eigenvalue weighted by atomic mass is 10.00. The van der Waals surface area contributed by atoms with E-state index in [2.05, 4.69) is 24.3 Å². The Hall–Kier alpha value is -2.37. The minimum atomic E-state index is -0.331. The fourth-order valence-electron chi connectivity index (χ4n) is 3.23. The van der Waals surface area contributed by atoms with Gasteiger partial charge in [-0.2, -0.15) is 5.10 Å². The van der Waals surface area contributed by atoms with Gasteiger partial charge < -0.3 is 10.1 Å². The van der Waals surface area contributed by atoms with Crippen molar-refractivity contribution in [2.24, 2.45) is 5.92 Å².